The average molecular weight is 330 g/mol. The Kier molecular flexibility index (Phi) is 5.56. The lowest BCUT2D eigenvalue weighted by atomic mass is 10.2. The summed E-state index contributed by atoms with van der Waals surface area (Å²) in [6.07, 6.45) is 9.00. The van der Waals surface area contributed by atoms with Crippen LogP contribution in [0.3, 0.4) is 0 Å². The summed E-state index contributed by atoms with van der Waals surface area (Å²) >= 11 is 0. The summed E-state index contributed by atoms with van der Waals surface area (Å²) in [7, 11) is 0. The Balaban J connectivity index is 1.44. The van der Waals surface area contributed by atoms with Crippen molar-refractivity contribution >= 4 is 23.4 Å². The molecule has 6 nitrogen and oxygen atoms in total. The Labute approximate surface area is 142 Å². The molecule has 2 saturated carbocycles. The van der Waals surface area contributed by atoms with E-state index in [0.29, 0.717) is 23.5 Å². The highest BCUT2D eigenvalue weighted by molar-refractivity contribution is 5.91. The van der Waals surface area contributed by atoms with E-state index in [9.17, 15) is 9.59 Å². The Hall–Kier alpha value is -2.24. The summed E-state index contributed by atoms with van der Waals surface area (Å²) in [4.78, 5) is 23.8. The Morgan fingerprint density at radius 1 is 0.667 bits per heavy atom. The Morgan fingerprint density at radius 2 is 1.00 bits per heavy atom. The van der Waals surface area contributed by atoms with Crippen LogP contribution in [0.5, 0.6) is 0 Å². The molecule has 0 saturated heterocycles. The maximum absolute atomic E-state index is 11.9. The molecule has 2 aliphatic carbocycles. The summed E-state index contributed by atoms with van der Waals surface area (Å²) in [5.74, 6) is 0. The SMILES string of the molecule is O=C(Nc1ccc(NC(=O)NC2CCCC2)cc1)NC1CCCC1. The second-order valence-corrected chi connectivity index (χ2v) is 6.74. The van der Waals surface area contributed by atoms with Crippen LogP contribution in [0.4, 0.5) is 21.0 Å². The summed E-state index contributed by atoms with van der Waals surface area (Å²) in [6.45, 7) is 0. The predicted molar refractivity (Wildman–Crippen MR) is 95.3 cm³/mol. The lowest BCUT2D eigenvalue weighted by Gasteiger charge is -2.14. The van der Waals surface area contributed by atoms with Gasteiger partial charge in [0, 0.05) is 23.5 Å². The molecule has 1 aromatic rings. The van der Waals surface area contributed by atoms with Crippen molar-refractivity contribution in [3.63, 3.8) is 0 Å². The van der Waals surface area contributed by atoms with Gasteiger partial charge in [-0.25, -0.2) is 9.59 Å². The number of anilines is 2. The molecule has 1 aromatic carbocycles. The fourth-order valence-electron chi connectivity index (χ4n) is 3.48. The second kappa shape index (κ2) is 8.04. The molecule has 0 atom stereocenters. The van der Waals surface area contributed by atoms with E-state index >= 15 is 0 Å². The lowest BCUT2D eigenvalue weighted by Crippen LogP contribution is -2.36. The van der Waals surface area contributed by atoms with Gasteiger partial charge in [0.15, 0.2) is 0 Å². The molecule has 0 aliphatic heterocycles. The Bertz CT molecular complexity index is 510. The summed E-state index contributed by atoms with van der Waals surface area (Å²) in [5.41, 5.74) is 1.43. The standard InChI is InChI=1S/C18H26N4O2/c23-17(19-13-5-1-2-6-13)21-15-9-11-16(12-10-15)22-18(24)20-14-7-3-4-8-14/h9-14H,1-8H2,(H2,19,21,23)(H2,20,22,24). The van der Waals surface area contributed by atoms with Crippen LogP contribution in [-0.4, -0.2) is 24.1 Å². The molecule has 130 valence electrons. The molecule has 0 bridgehead atoms. The molecular weight excluding hydrogens is 304 g/mol. The zero-order valence-corrected chi connectivity index (χ0v) is 13.9. The monoisotopic (exact) mass is 330 g/mol. The molecule has 4 N–H and O–H groups in total. The lowest BCUT2D eigenvalue weighted by molar-refractivity contribution is 0.247. The first kappa shape index (κ1) is 16.6. The van der Waals surface area contributed by atoms with Crippen LogP contribution in [0.25, 0.3) is 0 Å². The van der Waals surface area contributed by atoms with Gasteiger partial charge in [-0.2, -0.15) is 0 Å². The molecule has 6 heteroatoms. The number of nitrogens with one attached hydrogen (secondary N) is 4. The van der Waals surface area contributed by atoms with Crippen LogP contribution in [-0.2, 0) is 0 Å². The zero-order chi connectivity index (χ0) is 16.8. The second-order valence-electron chi connectivity index (χ2n) is 6.74. The fourth-order valence-corrected chi connectivity index (χ4v) is 3.48. The van der Waals surface area contributed by atoms with Crippen LogP contribution >= 0.6 is 0 Å². The minimum absolute atomic E-state index is 0.165. The first-order valence-corrected chi connectivity index (χ1v) is 8.94. The highest BCUT2D eigenvalue weighted by Crippen LogP contribution is 2.19. The number of rotatable bonds is 4. The van der Waals surface area contributed by atoms with E-state index < -0.39 is 0 Å². The first-order valence-electron chi connectivity index (χ1n) is 8.94. The number of amides is 4. The quantitative estimate of drug-likeness (QED) is 0.677. The van der Waals surface area contributed by atoms with Crippen LogP contribution < -0.4 is 21.3 Å². The van der Waals surface area contributed by atoms with E-state index in [1.165, 1.54) is 25.7 Å². The zero-order valence-electron chi connectivity index (χ0n) is 13.9. The van der Waals surface area contributed by atoms with Crippen molar-refractivity contribution in [1.29, 1.82) is 0 Å². The van der Waals surface area contributed by atoms with E-state index in [1.807, 2.05) is 0 Å². The normalized spacial score (nSPS) is 18.3. The van der Waals surface area contributed by atoms with Gasteiger partial charge in [0.05, 0.1) is 0 Å². The molecule has 2 fully saturated rings. The molecule has 0 heterocycles. The van der Waals surface area contributed by atoms with Crippen molar-refractivity contribution in [1.82, 2.24) is 10.6 Å². The number of urea groups is 2. The van der Waals surface area contributed by atoms with Gasteiger partial charge >= 0.3 is 12.1 Å². The van der Waals surface area contributed by atoms with Crippen molar-refractivity contribution in [2.45, 2.75) is 63.5 Å². The van der Waals surface area contributed by atoms with Crippen molar-refractivity contribution in [3.8, 4) is 0 Å². The van der Waals surface area contributed by atoms with Crippen LogP contribution in [0.15, 0.2) is 24.3 Å². The molecule has 24 heavy (non-hydrogen) atoms. The molecule has 2 aliphatic rings. The third kappa shape index (κ3) is 4.88. The van der Waals surface area contributed by atoms with Gasteiger partial charge in [-0.15, -0.1) is 0 Å². The third-order valence-electron chi connectivity index (χ3n) is 4.78. The van der Waals surface area contributed by atoms with Crippen LogP contribution in [0, 0.1) is 0 Å². The molecule has 4 amide bonds. The van der Waals surface area contributed by atoms with Crippen molar-refractivity contribution in [2.24, 2.45) is 0 Å². The fraction of sp³-hybridized carbons (Fsp3) is 0.556. The highest BCUT2D eigenvalue weighted by Gasteiger charge is 2.18. The van der Waals surface area contributed by atoms with Gasteiger partial charge < -0.3 is 21.3 Å². The van der Waals surface area contributed by atoms with E-state index in [4.69, 9.17) is 0 Å². The number of hydrogen-bond donors (Lipinski definition) is 4. The number of benzene rings is 1. The van der Waals surface area contributed by atoms with Crippen LogP contribution in [0.2, 0.25) is 0 Å². The van der Waals surface area contributed by atoms with E-state index in [-0.39, 0.29) is 12.1 Å². The minimum Gasteiger partial charge on any atom is -0.335 e. The van der Waals surface area contributed by atoms with Gasteiger partial charge in [0.2, 0.25) is 0 Å². The third-order valence-corrected chi connectivity index (χ3v) is 4.78. The topological polar surface area (TPSA) is 82.3 Å². The van der Waals surface area contributed by atoms with E-state index in [1.54, 1.807) is 24.3 Å². The van der Waals surface area contributed by atoms with Crippen molar-refractivity contribution in [2.75, 3.05) is 10.6 Å². The molecule has 0 unspecified atom stereocenters. The number of carbonyl (C=O) groups excluding carboxylic acids is 2. The molecule has 0 radical (unpaired) electrons. The van der Waals surface area contributed by atoms with Gasteiger partial charge in [-0.3, -0.25) is 0 Å². The van der Waals surface area contributed by atoms with E-state index in [2.05, 4.69) is 21.3 Å². The predicted octanol–water partition coefficient (Wildman–Crippen LogP) is 3.81. The smallest absolute Gasteiger partial charge is 0.319 e. The van der Waals surface area contributed by atoms with Gasteiger partial charge in [0.25, 0.3) is 0 Å². The van der Waals surface area contributed by atoms with Gasteiger partial charge in [0.1, 0.15) is 0 Å². The van der Waals surface area contributed by atoms with Crippen LogP contribution in [0.1, 0.15) is 51.4 Å². The minimum atomic E-state index is -0.165. The maximum Gasteiger partial charge on any atom is 0.319 e. The number of hydrogen-bond acceptors (Lipinski definition) is 2. The van der Waals surface area contributed by atoms with Crippen molar-refractivity contribution in [3.05, 3.63) is 24.3 Å². The average Bonchev–Trinajstić information content (AvgIpc) is 3.23. The maximum atomic E-state index is 11.9. The Morgan fingerprint density at radius 3 is 1.33 bits per heavy atom. The largest absolute Gasteiger partial charge is 0.335 e. The molecule has 0 spiro atoms. The number of carbonyl (C=O) groups is 2. The summed E-state index contributed by atoms with van der Waals surface area (Å²) in [5, 5.41) is 11.6. The molecule has 0 aromatic heterocycles. The summed E-state index contributed by atoms with van der Waals surface area (Å²) < 4.78 is 0. The van der Waals surface area contributed by atoms with Gasteiger partial charge in [-0.1, -0.05) is 25.7 Å². The van der Waals surface area contributed by atoms with Gasteiger partial charge in [-0.05, 0) is 49.9 Å². The molecule has 3 rings (SSSR count). The van der Waals surface area contributed by atoms with E-state index in [0.717, 1.165) is 25.7 Å². The summed E-state index contributed by atoms with van der Waals surface area (Å²) in [6, 6.07) is 7.43. The van der Waals surface area contributed by atoms with Crippen molar-refractivity contribution < 1.29 is 9.59 Å². The highest BCUT2D eigenvalue weighted by atomic mass is 16.2. The molecular formula is C18H26N4O2. The first-order chi connectivity index (χ1) is 11.7.